The molecule has 1 saturated heterocycles. The average Bonchev–Trinajstić information content (AvgIpc) is 3.32. The molecule has 22 heavy (non-hydrogen) atoms. The minimum atomic E-state index is 0.332. The second kappa shape index (κ2) is 6.02. The molecule has 2 aromatic rings. The monoisotopic (exact) mass is 295 g/mol. The van der Waals surface area contributed by atoms with Gasteiger partial charge in [-0.2, -0.15) is 0 Å². The number of hydrogen-bond donors (Lipinski definition) is 3. The molecule has 1 aliphatic carbocycles. The van der Waals surface area contributed by atoms with Gasteiger partial charge < -0.3 is 5.32 Å². The summed E-state index contributed by atoms with van der Waals surface area (Å²) in [6, 6.07) is 13.0. The fourth-order valence-corrected chi connectivity index (χ4v) is 3.05. The van der Waals surface area contributed by atoms with Crippen molar-refractivity contribution in [3.8, 4) is 0 Å². The van der Waals surface area contributed by atoms with Gasteiger partial charge in [-0.15, -0.1) is 0 Å². The number of nitrogens with one attached hydrogen (secondary N) is 3. The molecule has 0 spiro atoms. The van der Waals surface area contributed by atoms with Gasteiger partial charge in [-0.1, -0.05) is 30.3 Å². The highest BCUT2D eigenvalue weighted by Crippen LogP contribution is 2.39. The lowest BCUT2D eigenvalue weighted by Crippen LogP contribution is -2.26. The quantitative estimate of drug-likeness (QED) is 0.789. The highest BCUT2D eigenvalue weighted by Gasteiger charge is 2.28. The van der Waals surface area contributed by atoms with E-state index in [-0.39, 0.29) is 0 Å². The zero-order valence-electron chi connectivity index (χ0n) is 12.5. The van der Waals surface area contributed by atoms with Gasteiger partial charge in [0.15, 0.2) is 0 Å². The van der Waals surface area contributed by atoms with Crippen LogP contribution in [0.2, 0.25) is 0 Å². The molecule has 1 aromatic carbocycles. The van der Waals surface area contributed by atoms with Crippen molar-refractivity contribution < 1.29 is 0 Å². The number of benzene rings is 1. The number of hydrogen-bond acceptors (Lipinski definition) is 5. The third-order valence-corrected chi connectivity index (χ3v) is 4.48. The van der Waals surface area contributed by atoms with Crippen molar-refractivity contribution in [2.75, 3.05) is 18.4 Å². The highest BCUT2D eigenvalue weighted by atomic mass is 15.4. The predicted octanol–water partition coefficient (Wildman–Crippen LogP) is 2.23. The Labute approximate surface area is 130 Å². The van der Waals surface area contributed by atoms with Crippen molar-refractivity contribution in [3.63, 3.8) is 0 Å². The van der Waals surface area contributed by atoms with Gasteiger partial charge in [-0.05, 0) is 18.4 Å². The maximum atomic E-state index is 4.37. The molecule has 0 radical (unpaired) electrons. The molecule has 1 saturated carbocycles. The van der Waals surface area contributed by atoms with E-state index >= 15 is 0 Å². The summed E-state index contributed by atoms with van der Waals surface area (Å²) in [6.45, 7) is 1.84. The zero-order chi connectivity index (χ0) is 14.8. The summed E-state index contributed by atoms with van der Waals surface area (Å²) < 4.78 is 0. The third-order valence-electron chi connectivity index (χ3n) is 4.48. The molecule has 2 heterocycles. The summed E-state index contributed by atoms with van der Waals surface area (Å²) in [5.41, 5.74) is 9.15. The van der Waals surface area contributed by atoms with Gasteiger partial charge in [0.05, 0.1) is 6.04 Å². The van der Waals surface area contributed by atoms with Gasteiger partial charge in [0.2, 0.25) is 0 Å². The first-order chi connectivity index (χ1) is 10.9. The molecule has 2 unspecified atom stereocenters. The molecular weight excluding hydrogens is 274 g/mol. The Morgan fingerprint density at radius 2 is 2.00 bits per heavy atom. The van der Waals surface area contributed by atoms with E-state index in [0.29, 0.717) is 17.9 Å². The van der Waals surface area contributed by atoms with Gasteiger partial charge in [0.25, 0.3) is 0 Å². The first-order valence-electron chi connectivity index (χ1n) is 7.99. The van der Waals surface area contributed by atoms with E-state index in [4.69, 9.17) is 0 Å². The molecule has 2 atom stereocenters. The molecule has 2 fully saturated rings. The summed E-state index contributed by atoms with van der Waals surface area (Å²) in [4.78, 5) is 8.71. The second-order valence-electron chi connectivity index (χ2n) is 6.16. The van der Waals surface area contributed by atoms with E-state index in [2.05, 4.69) is 62.5 Å². The first kappa shape index (κ1) is 13.7. The molecule has 5 nitrogen and oxygen atoms in total. The summed E-state index contributed by atoms with van der Waals surface area (Å²) in [5, 5.41) is 3.48. The predicted molar refractivity (Wildman–Crippen MR) is 86.3 cm³/mol. The lowest BCUT2D eigenvalue weighted by molar-refractivity contribution is 0.492. The van der Waals surface area contributed by atoms with E-state index in [9.17, 15) is 0 Å². The van der Waals surface area contributed by atoms with Crippen molar-refractivity contribution in [2.24, 2.45) is 5.92 Å². The molecule has 114 valence electrons. The standard InChI is InChI=1S/C17H21N5/c1-2-4-13(5-3-1)17-14(10-21-22-17)9-18-16-8-15(12-6-7-12)19-11-20-16/h1-5,8,11-12,14,17,21-22H,6-7,9-10H2,(H,18,19,20). The number of aromatic nitrogens is 2. The molecule has 4 rings (SSSR count). The molecule has 2 aliphatic rings. The van der Waals surface area contributed by atoms with Crippen molar-refractivity contribution in [3.05, 3.63) is 54.0 Å². The maximum Gasteiger partial charge on any atom is 0.129 e. The first-order valence-corrected chi connectivity index (χ1v) is 7.99. The van der Waals surface area contributed by atoms with Gasteiger partial charge >= 0.3 is 0 Å². The van der Waals surface area contributed by atoms with Crippen LogP contribution in [0.5, 0.6) is 0 Å². The Balaban J connectivity index is 1.41. The minimum Gasteiger partial charge on any atom is -0.370 e. The number of rotatable bonds is 5. The van der Waals surface area contributed by atoms with Crippen LogP contribution >= 0.6 is 0 Å². The van der Waals surface area contributed by atoms with Gasteiger partial charge in [0, 0.05) is 36.7 Å². The fraction of sp³-hybridized carbons (Fsp3) is 0.412. The fourth-order valence-electron chi connectivity index (χ4n) is 3.05. The van der Waals surface area contributed by atoms with Crippen LogP contribution in [0.25, 0.3) is 0 Å². The Morgan fingerprint density at radius 3 is 2.82 bits per heavy atom. The molecule has 5 heteroatoms. The zero-order valence-corrected chi connectivity index (χ0v) is 12.5. The summed E-state index contributed by atoms with van der Waals surface area (Å²) in [5.74, 6) is 2.09. The number of hydrazine groups is 1. The van der Waals surface area contributed by atoms with Gasteiger partial charge in [-0.3, -0.25) is 5.43 Å². The smallest absolute Gasteiger partial charge is 0.129 e. The van der Waals surface area contributed by atoms with Gasteiger partial charge in [0.1, 0.15) is 12.1 Å². The minimum absolute atomic E-state index is 0.332. The molecule has 3 N–H and O–H groups in total. The van der Waals surface area contributed by atoms with Crippen LogP contribution in [0.1, 0.15) is 36.1 Å². The maximum absolute atomic E-state index is 4.37. The highest BCUT2D eigenvalue weighted by molar-refractivity contribution is 5.37. The summed E-state index contributed by atoms with van der Waals surface area (Å²) in [6.07, 6.45) is 4.21. The van der Waals surface area contributed by atoms with Crippen LogP contribution in [0.3, 0.4) is 0 Å². The Kier molecular flexibility index (Phi) is 3.74. The number of nitrogens with zero attached hydrogens (tertiary/aromatic N) is 2. The molecule has 0 amide bonds. The molecule has 1 aromatic heterocycles. The van der Waals surface area contributed by atoms with Crippen molar-refractivity contribution in [2.45, 2.75) is 24.8 Å². The van der Waals surface area contributed by atoms with Crippen LogP contribution in [0, 0.1) is 5.92 Å². The van der Waals surface area contributed by atoms with Crippen molar-refractivity contribution in [1.29, 1.82) is 0 Å². The van der Waals surface area contributed by atoms with E-state index in [1.807, 2.05) is 0 Å². The van der Waals surface area contributed by atoms with E-state index in [0.717, 1.165) is 18.9 Å². The lowest BCUT2D eigenvalue weighted by atomic mass is 9.95. The number of anilines is 1. The summed E-state index contributed by atoms with van der Waals surface area (Å²) >= 11 is 0. The SMILES string of the molecule is c1ccc(C2NNCC2CNc2cc(C3CC3)ncn2)cc1. The Hall–Kier alpha value is -1.98. The largest absolute Gasteiger partial charge is 0.370 e. The molecule has 0 bridgehead atoms. The second-order valence-corrected chi connectivity index (χ2v) is 6.16. The third kappa shape index (κ3) is 2.96. The lowest BCUT2D eigenvalue weighted by Gasteiger charge is -2.19. The normalized spacial score (nSPS) is 24.4. The Bertz CT molecular complexity index is 626. The van der Waals surface area contributed by atoms with Gasteiger partial charge in [-0.25, -0.2) is 15.4 Å². The molecular formula is C17H21N5. The van der Waals surface area contributed by atoms with E-state index in [1.165, 1.54) is 24.1 Å². The van der Waals surface area contributed by atoms with E-state index in [1.54, 1.807) is 6.33 Å². The molecule has 1 aliphatic heterocycles. The van der Waals surface area contributed by atoms with Crippen LogP contribution in [-0.2, 0) is 0 Å². The van der Waals surface area contributed by atoms with Crippen molar-refractivity contribution in [1.82, 2.24) is 20.8 Å². The summed E-state index contributed by atoms with van der Waals surface area (Å²) in [7, 11) is 0. The topological polar surface area (TPSA) is 61.9 Å². The Morgan fingerprint density at radius 1 is 1.14 bits per heavy atom. The van der Waals surface area contributed by atoms with E-state index < -0.39 is 0 Å². The average molecular weight is 295 g/mol. The van der Waals surface area contributed by atoms with Crippen LogP contribution in [0.4, 0.5) is 5.82 Å². The van der Waals surface area contributed by atoms with Crippen LogP contribution in [0.15, 0.2) is 42.7 Å². The van der Waals surface area contributed by atoms with Crippen LogP contribution < -0.4 is 16.2 Å². The van der Waals surface area contributed by atoms with Crippen molar-refractivity contribution >= 4 is 5.82 Å². The van der Waals surface area contributed by atoms with Crippen LogP contribution in [-0.4, -0.2) is 23.1 Å².